The van der Waals surface area contributed by atoms with Gasteiger partial charge in [0.25, 0.3) is 0 Å². The maximum absolute atomic E-state index is 14.1. The van der Waals surface area contributed by atoms with E-state index in [1.165, 1.54) is 4.31 Å². The van der Waals surface area contributed by atoms with Crippen molar-refractivity contribution in [3.63, 3.8) is 0 Å². The molecule has 0 unspecified atom stereocenters. The van der Waals surface area contributed by atoms with Gasteiger partial charge in [-0.05, 0) is 61.5 Å². The summed E-state index contributed by atoms with van der Waals surface area (Å²) in [4.78, 5) is 15.7. The molecule has 0 radical (unpaired) electrons. The van der Waals surface area contributed by atoms with E-state index in [-0.39, 0.29) is 43.8 Å². The number of aryl methyl sites for hydroxylation is 1. The van der Waals surface area contributed by atoms with Crippen molar-refractivity contribution >= 4 is 26.7 Å². The fraction of sp³-hybridized carbons (Fsp3) is 0.323. The molecule has 3 aromatic carbocycles. The van der Waals surface area contributed by atoms with E-state index in [1.54, 1.807) is 23.1 Å². The second-order valence-electron chi connectivity index (χ2n) is 9.82. The van der Waals surface area contributed by atoms with Crippen molar-refractivity contribution in [3.05, 3.63) is 89.9 Å². The number of nitrogens with zero attached hydrogens (tertiary/aromatic N) is 2. The Labute approximate surface area is 240 Å². The second-order valence-corrected chi connectivity index (χ2v) is 11.7. The van der Waals surface area contributed by atoms with Crippen molar-refractivity contribution in [2.24, 2.45) is 0 Å². The lowest BCUT2D eigenvalue weighted by molar-refractivity contribution is -0.133. The molecule has 41 heavy (non-hydrogen) atoms. The average Bonchev–Trinajstić information content (AvgIpc) is 3.61. The number of carbonyl (C=O) groups is 1. The molecule has 1 amide bonds. The fourth-order valence-corrected chi connectivity index (χ4v) is 6.47. The molecule has 1 aliphatic rings. The number of fused-ring (bicyclic) bond motifs is 2. The molecule has 0 N–H and O–H groups in total. The highest BCUT2D eigenvalue weighted by molar-refractivity contribution is 7.89. The number of benzene rings is 3. The van der Waals surface area contributed by atoms with E-state index in [0.717, 1.165) is 16.7 Å². The number of furan rings is 1. The molecule has 0 saturated heterocycles. The molecule has 216 valence electrons. The Balaban J connectivity index is 1.44. The summed E-state index contributed by atoms with van der Waals surface area (Å²) in [5.41, 5.74) is 0.825. The van der Waals surface area contributed by atoms with Gasteiger partial charge in [-0.3, -0.25) is 4.79 Å². The molecule has 1 aliphatic heterocycles. The first-order valence-corrected chi connectivity index (χ1v) is 15.1. The van der Waals surface area contributed by atoms with Crippen molar-refractivity contribution in [2.45, 2.75) is 38.3 Å². The van der Waals surface area contributed by atoms with Crippen LogP contribution in [0.5, 0.6) is 11.5 Å². The molecular weight excluding hydrogens is 544 g/mol. The number of sulfonamides is 1. The van der Waals surface area contributed by atoms with Crippen LogP contribution >= 0.6 is 0 Å². The Hall–Kier alpha value is -3.86. The molecule has 4 aromatic rings. The van der Waals surface area contributed by atoms with Gasteiger partial charge in [0.1, 0.15) is 11.5 Å². The maximum atomic E-state index is 14.1. The fourth-order valence-electron chi connectivity index (χ4n) is 4.83. The summed E-state index contributed by atoms with van der Waals surface area (Å²) in [5, 5.41) is 1.42. The number of hydrogen-bond acceptors (Lipinski definition) is 7. The van der Waals surface area contributed by atoms with Crippen LogP contribution in [0.4, 0.5) is 0 Å². The van der Waals surface area contributed by atoms with Gasteiger partial charge in [0.15, 0.2) is 11.5 Å². The highest BCUT2D eigenvalue weighted by Crippen LogP contribution is 2.33. The van der Waals surface area contributed by atoms with E-state index in [2.05, 4.69) is 0 Å². The minimum absolute atomic E-state index is 0.134. The smallest absolute Gasteiger partial charge is 0.244 e. The van der Waals surface area contributed by atoms with E-state index < -0.39 is 10.0 Å². The molecule has 0 fully saturated rings. The summed E-state index contributed by atoms with van der Waals surface area (Å²) in [6.45, 7) is 5.01. The summed E-state index contributed by atoms with van der Waals surface area (Å²) < 4.78 is 51.6. The molecule has 0 saturated carbocycles. The van der Waals surface area contributed by atoms with Gasteiger partial charge in [0, 0.05) is 31.7 Å². The van der Waals surface area contributed by atoms with Crippen LogP contribution < -0.4 is 9.47 Å². The van der Waals surface area contributed by atoms with Crippen LogP contribution in [-0.2, 0) is 32.6 Å². The number of carbonyl (C=O) groups excluding carboxylic acids is 1. The summed E-state index contributed by atoms with van der Waals surface area (Å²) in [5.74, 6) is 2.25. The van der Waals surface area contributed by atoms with Crippen molar-refractivity contribution in [2.75, 3.05) is 33.1 Å². The Kier molecular flexibility index (Phi) is 8.92. The van der Waals surface area contributed by atoms with Gasteiger partial charge in [-0.2, -0.15) is 4.31 Å². The van der Waals surface area contributed by atoms with E-state index >= 15 is 0 Å². The minimum atomic E-state index is -4.02. The predicted octanol–water partition coefficient (Wildman–Crippen LogP) is 5.12. The third-order valence-corrected chi connectivity index (χ3v) is 8.79. The predicted molar refractivity (Wildman–Crippen MR) is 154 cm³/mol. The summed E-state index contributed by atoms with van der Waals surface area (Å²) >= 11 is 0. The van der Waals surface area contributed by atoms with E-state index in [4.69, 9.17) is 18.6 Å². The lowest BCUT2D eigenvalue weighted by Crippen LogP contribution is -2.43. The Morgan fingerprint density at radius 3 is 2.56 bits per heavy atom. The van der Waals surface area contributed by atoms with Crippen molar-refractivity contribution in [1.82, 2.24) is 9.21 Å². The average molecular weight is 579 g/mol. The topological polar surface area (TPSA) is 98.5 Å². The third kappa shape index (κ3) is 6.73. The van der Waals surface area contributed by atoms with Crippen LogP contribution in [0.1, 0.15) is 30.4 Å². The van der Waals surface area contributed by atoms with Gasteiger partial charge < -0.3 is 23.5 Å². The molecule has 1 aromatic heterocycles. The van der Waals surface area contributed by atoms with Crippen LogP contribution in [0.3, 0.4) is 0 Å². The zero-order valence-electron chi connectivity index (χ0n) is 23.2. The van der Waals surface area contributed by atoms with Crippen LogP contribution in [-0.4, -0.2) is 56.6 Å². The van der Waals surface area contributed by atoms with E-state index in [0.29, 0.717) is 42.3 Å². The first kappa shape index (κ1) is 28.7. The zero-order chi connectivity index (χ0) is 28.8. The van der Waals surface area contributed by atoms with Crippen LogP contribution in [0.2, 0.25) is 0 Å². The molecule has 0 aliphatic carbocycles. The second kappa shape index (κ2) is 12.8. The number of amides is 1. The molecule has 2 heterocycles. The van der Waals surface area contributed by atoms with Gasteiger partial charge in [0.2, 0.25) is 22.7 Å². The molecule has 0 atom stereocenters. The van der Waals surface area contributed by atoms with Crippen molar-refractivity contribution in [1.29, 1.82) is 0 Å². The molecule has 5 rings (SSSR count). The van der Waals surface area contributed by atoms with Crippen molar-refractivity contribution in [3.8, 4) is 11.5 Å². The number of ether oxygens (including phenoxy) is 3. The largest absolute Gasteiger partial charge is 0.464 e. The Morgan fingerprint density at radius 1 is 0.951 bits per heavy atom. The lowest BCUT2D eigenvalue weighted by Gasteiger charge is -2.27. The standard InChI is InChI=1S/C31H34N2O7S/c1-3-37-17-7-16-33(41(35,36)30-11-6-9-25-8-4-5-10-27(25)30)21-31(34)32(20-26-14-12-23(2)40-26)19-24-13-15-28-29(18-24)39-22-38-28/h4-6,8-15,18H,3,7,16-17,19-22H2,1-2H3. The highest BCUT2D eigenvalue weighted by Gasteiger charge is 2.30. The molecule has 0 bridgehead atoms. The summed E-state index contributed by atoms with van der Waals surface area (Å²) in [6, 6.07) is 21.7. The number of rotatable bonds is 13. The molecule has 10 heteroatoms. The van der Waals surface area contributed by atoms with Crippen LogP contribution in [0.25, 0.3) is 10.8 Å². The third-order valence-electron chi connectivity index (χ3n) is 6.89. The van der Waals surface area contributed by atoms with Crippen molar-refractivity contribution < 1.29 is 31.8 Å². The Bertz CT molecular complexity index is 1610. The van der Waals surface area contributed by atoms with E-state index in [1.807, 2.05) is 68.4 Å². The maximum Gasteiger partial charge on any atom is 0.244 e. The first-order valence-electron chi connectivity index (χ1n) is 13.6. The minimum Gasteiger partial charge on any atom is -0.464 e. The highest BCUT2D eigenvalue weighted by atomic mass is 32.2. The van der Waals surface area contributed by atoms with Crippen LogP contribution in [0, 0.1) is 6.92 Å². The monoisotopic (exact) mass is 578 g/mol. The van der Waals surface area contributed by atoms with Gasteiger partial charge >= 0.3 is 0 Å². The van der Waals surface area contributed by atoms with E-state index in [9.17, 15) is 13.2 Å². The Morgan fingerprint density at radius 2 is 1.76 bits per heavy atom. The SMILES string of the molecule is CCOCCCN(CC(=O)N(Cc1ccc2c(c1)OCO2)Cc1ccc(C)o1)S(=O)(=O)c1cccc2ccccc12. The zero-order valence-corrected chi connectivity index (χ0v) is 24.1. The first-order chi connectivity index (χ1) is 19.8. The quantitative estimate of drug-likeness (QED) is 0.203. The lowest BCUT2D eigenvalue weighted by atomic mass is 10.1. The molecule has 9 nitrogen and oxygen atoms in total. The van der Waals surface area contributed by atoms with Gasteiger partial charge in [-0.1, -0.05) is 42.5 Å². The summed E-state index contributed by atoms with van der Waals surface area (Å²) in [6.07, 6.45) is 0.449. The van der Waals surface area contributed by atoms with Gasteiger partial charge in [-0.15, -0.1) is 0 Å². The molecule has 0 spiro atoms. The van der Waals surface area contributed by atoms with Crippen LogP contribution in [0.15, 0.2) is 82.1 Å². The normalized spacial score (nSPS) is 12.8. The summed E-state index contributed by atoms with van der Waals surface area (Å²) in [7, 11) is -4.02. The number of hydrogen-bond donors (Lipinski definition) is 0. The van der Waals surface area contributed by atoms with Gasteiger partial charge in [0.05, 0.1) is 18.0 Å². The molecular formula is C31H34N2O7S. The van der Waals surface area contributed by atoms with Gasteiger partial charge in [-0.25, -0.2) is 8.42 Å².